The maximum absolute atomic E-state index is 9.68. The molecular formula is C31H29N3O4. The topological polar surface area (TPSA) is 88.6 Å². The number of nitrogens with one attached hydrogen (secondary N) is 2. The first kappa shape index (κ1) is 24.8. The average Bonchev–Trinajstić information content (AvgIpc) is 3.32. The fraction of sp³-hybridized carbons (Fsp3) is 0.129. The molecule has 0 saturated carbocycles. The number of rotatable bonds is 9. The molecule has 0 fully saturated rings. The van der Waals surface area contributed by atoms with Gasteiger partial charge in [0.2, 0.25) is 5.75 Å². The van der Waals surface area contributed by atoms with Gasteiger partial charge >= 0.3 is 0 Å². The van der Waals surface area contributed by atoms with Gasteiger partial charge in [-0.3, -0.25) is 0 Å². The van der Waals surface area contributed by atoms with Gasteiger partial charge < -0.3 is 29.6 Å². The summed E-state index contributed by atoms with van der Waals surface area (Å²) < 4.78 is 16.7. The lowest BCUT2D eigenvalue weighted by Crippen LogP contribution is -2.12. The normalized spacial score (nSPS) is 11.2. The molecule has 0 atom stereocenters. The molecule has 192 valence electrons. The van der Waals surface area contributed by atoms with E-state index in [-0.39, 0.29) is 5.75 Å². The zero-order valence-corrected chi connectivity index (χ0v) is 21.5. The van der Waals surface area contributed by atoms with Gasteiger partial charge in [0.25, 0.3) is 0 Å². The first-order valence-corrected chi connectivity index (χ1v) is 12.1. The molecule has 0 radical (unpaired) electrons. The van der Waals surface area contributed by atoms with Gasteiger partial charge in [0.1, 0.15) is 5.75 Å². The Morgan fingerprint density at radius 2 is 1.71 bits per heavy atom. The molecule has 0 unspecified atom stereocenters. The lowest BCUT2D eigenvalue weighted by Gasteiger charge is -2.15. The van der Waals surface area contributed by atoms with E-state index < -0.39 is 0 Å². The second kappa shape index (κ2) is 10.6. The number of fused-ring (bicyclic) bond motifs is 3. The molecule has 3 aromatic carbocycles. The number of H-pyrrole nitrogens is 1. The minimum Gasteiger partial charge on any atom is -0.508 e. The second-order valence-corrected chi connectivity index (χ2v) is 8.78. The van der Waals surface area contributed by atoms with Crippen LogP contribution in [0, 0.1) is 0 Å². The van der Waals surface area contributed by atoms with Gasteiger partial charge in [0.05, 0.1) is 44.8 Å². The van der Waals surface area contributed by atoms with Crippen LogP contribution in [0.5, 0.6) is 23.0 Å². The zero-order valence-electron chi connectivity index (χ0n) is 21.5. The number of benzene rings is 3. The molecule has 3 N–H and O–H groups in total. The number of aromatic amines is 1. The largest absolute Gasteiger partial charge is 0.508 e. The predicted molar refractivity (Wildman–Crippen MR) is 152 cm³/mol. The number of aromatic nitrogens is 2. The Balaban J connectivity index is 1.54. The fourth-order valence-electron chi connectivity index (χ4n) is 4.50. The van der Waals surface area contributed by atoms with Crippen LogP contribution in [0.25, 0.3) is 39.1 Å². The van der Waals surface area contributed by atoms with E-state index in [1.54, 1.807) is 39.5 Å². The van der Waals surface area contributed by atoms with Gasteiger partial charge in [0.15, 0.2) is 11.5 Å². The molecule has 0 spiro atoms. The average molecular weight is 508 g/mol. The zero-order chi connectivity index (χ0) is 26.6. The Labute approximate surface area is 221 Å². The number of hydrogen-bond donors (Lipinski definition) is 3. The summed E-state index contributed by atoms with van der Waals surface area (Å²) in [6.45, 7) is 4.58. The van der Waals surface area contributed by atoms with E-state index in [9.17, 15) is 5.11 Å². The molecule has 2 heterocycles. The van der Waals surface area contributed by atoms with Crippen LogP contribution in [0.15, 0.2) is 85.1 Å². The summed E-state index contributed by atoms with van der Waals surface area (Å²) in [6.07, 6.45) is 3.77. The highest BCUT2D eigenvalue weighted by atomic mass is 16.5. The number of aromatic hydroxyl groups is 1. The Hall–Kier alpha value is -4.91. The Bertz CT molecular complexity index is 1640. The predicted octanol–water partition coefficient (Wildman–Crippen LogP) is 6.43. The monoisotopic (exact) mass is 507 g/mol. The minimum absolute atomic E-state index is 0.223. The van der Waals surface area contributed by atoms with Crippen LogP contribution in [0.4, 0.5) is 0 Å². The lowest BCUT2D eigenvalue weighted by molar-refractivity contribution is 0.324. The molecule has 7 heteroatoms. The number of para-hydroxylation sites is 1. The van der Waals surface area contributed by atoms with Crippen LogP contribution in [-0.2, 0) is 6.54 Å². The summed E-state index contributed by atoms with van der Waals surface area (Å²) in [5.41, 5.74) is 6.02. The fourth-order valence-corrected chi connectivity index (χ4v) is 4.50. The van der Waals surface area contributed by atoms with Crippen molar-refractivity contribution in [3.8, 4) is 34.3 Å². The number of allylic oxidation sites excluding steroid dienone is 1. The molecule has 0 amide bonds. The van der Waals surface area contributed by atoms with Crippen molar-refractivity contribution in [1.82, 2.24) is 15.3 Å². The van der Waals surface area contributed by atoms with Crippen LogP contribution in [-0.4, -0.2) is 36.4 Å². The van der Waals surface area contributed by atoms with Crippen molar-refractivity contribution in [3.05, 3.63) is 96.3 Å². The standard InChI is InChI=1S/C31H29N3O4/c1-19(12-13-20-8-7-9-23(35)14-20)32-18-22-17-25-24-10-5-6-11-26(24)34-30(25)29(33-22)21-15-27(36-2)31(38-4)28(16-21)37-3/h5-17,32,34-35H,1,18H2,2-4H3/b13-12+. The van der Waals surface area contributed by atoms with Crippen LogP contribution < -0.4 is 19.5 Å². The third-order valence-corrected chi connectivity index (χ3v) is 6.33. The van der Waals surface area contributed by atoms with Crippen LogP contribution >= 0.6 is 0 Å². The molecule has 5 rings (SSSR count). The first-order chi connectivity index (χ1) is 18.5. The van der Waals surface area contributed by atoms with Gasteiger partial charge in [-0.15, -0.1) is 0 Å². The smallest absolute Gasteiger partial charge is 0.203 e. The first-order valence-electron chi connectivity index (χ1n) is 12.1. The summed E-state index contributed by atoms with van der Waals surface area (Å²) >= 11 is 0. The third-order valence-electron chi connectivity index (χ3n) is 6.33. The molecule has 0 aliphatic heterocycles. The van der Waals surface area contributed by atoms with E-state index in [4.69, 9.17) is 19.2 Å². The molecule has 5 aromatic rings. The maximum Gasteiger partial charge on any atom is 0.203 e. The van der Waals surface area contributed by atoms with Crippen molar-refractivity contribution < 1.29 is 19.3 Å². The highest BCUT2D eigenvalue weighted by molar-refractivity contribution is 6.11. The number of phenols is 1. The Morgan fingerprint density at radius 3 is 2.42 bits per heavy atom. The molecule has 0 aliphatic rings. The van der Waals surface area contributed by atoms with Gasteiger partial charge in [-0.2, -0.15) is 0 Å². The Kier molecular flexibility index (Phi) is 6.91. The SMILES string of the molecule is C=C(/C=C/c1cccc(O)c1)NCc1cc2c([nH]c3ccccc32)c(-c2cc(OC)c(OC)c(OC)c2)n1. The highest BCUT2D eigenvalue weighted by Crippen LogP contribution is 2.42. The maximum atomic E-state index is 9.68. The van der Waals surface area contributed by atoms with E-state index in [1.807, 2.05) is 42.5 Å². The molecule has 0 bridgehead atoms. The van der Waals surface area contributed by atoms with E-state index in [1.165, 1.54) is 0 Å². The molecule has 7 nitrogen and oxygen atoms in total. The van der Waals surface area contributed by atoms with E-state index >= 15 is 0 Å². The van der Waals surface area contributed by atoms with E-state index in [0.717, 1.165) is 50.0 Å². The summed E-state index contributed by atoms with van der Waals surface area (Å²) in [5, 5.41) is 15.2. The number of ether oxygens (including phenoxy) is 3. The summed E-state index contributed by atoms with van der Waals surface area (Å²) in [6, 6.07) is 21.1. The van der Waals surface area contributed by atoms with Gasteiger partial charge in [-0.1, -0.05) is 43.0 Å². The van der Waals surface area contributed by atoms with Crippen molar-refractivity contribution in [2.24, 2.45) is 0 Å². The van der Waals surface area contributed by atoms with Crippen molar-refractivity contribution >= 4 is 27.9 Å². The van der Waals surface area contributed by atoms with Crippen LogP contribution in [0.1, 0.15) is 11.3 Å². The second-order valence-electron chi connectivity index (χ2n) is 8.78. The van der Waals surface area contributed by atoms with Crippen LogP contribution in [0.3, 0.4) is 0 Å². The van der Waals surface area contributed by atoms with Crippen molar-refractivity contribution in [3.63, 3.8) is 0 Å². The quantitative estimate of drug-likeness (QED) is 0.199. The number of phenolic OH excluding ortho intramolecular Hbond substituents is 1. The van der Waals surface area contributed by atoms with Crippen molar-refractivity contribution in [1.29, 1.82) is 0 Å². The number of hydrogen-bond acceptors (Lipinski definition) is 6. The molecule has 38 heavy (non-hydrogen) atoms. The number of pyridine rings is 1. The van der Waals surface area contributed by atoms with Crippen molar-refractivity contribution in [2.45, 2.75) is 6.54 Å². The van der Waals surface area contributed by atoms with Crippen LogP contribution in [0.2, 0.25) is 0 Å². The highest BCUT2D eigenvalue weighted by Gasteiger charge is 2.19. The number of nitrogens with zero attached hydrogens (tertiary/aromatic N) is 1. The van der Waals surface area contributed by atoms with E-state index in [0.29, 0.717) is 23.8 Å². The summed E-state index contributed by atoms with van der Waals surface area (Å²) in [4.78, 5) is 8.57. The van der Waals surface area contributed by atoms with Gasteiger partial charge in [-0.25, -0.2) is 4.98 Å². The number of methoxy groups -OCH3 is 3. The molecule has 0 saturated heterocycles. The Morgan fingerprint density at radius 1 is 0.947 bits per heavy atom. The molecular weight excluding hydrogens is 478 g/mol. The summed E-state index contributed by atoms with van der Waals surface area (Å²) in [7, 11) is 4.79. The minimum atomic E-state index is 0.223. The van der Waals surface area contributed by atoms with Gasteiger partial charge in [0, 0.05) is 27.5 Å². The molecule has 0 aliphatic carbocycles. The van der Waals surface area contributed by atoms with Gasteiger partial charge in [-0.05, 0) is 48.0 Å². The summed E-state index contributed by atoms with van der Waals surface area (Å²) in [5.74, 6) is 1.87. The molecule has 2 aromatic heterocycles. The lowest BCUT2D eigenvalue weighted by atomic mass is 10.1. The van der Waals surface area contributed by atoms with Crippen molar-refractivity contribution in [2.75, 3.05) is 21.3 Å². The third kappa shape index (κ3) is 4.86. The van der Waals surface area contributed by atoms with E-state index in [2.05, 4.69) is 35.1 Å².